The summed E-state index contributed by atoms with van der Waals surface area (Å²) in [6.45, 7) is 0.0451. The van der Waals surface area contributed by atoms with Crippen molar-refractivity contribution in [1.82, 2.24) is 0 Å². The third-order valence-corrected chi connectivity index (χ3v) is 3.83. The Morgan fingerprint density at radius 3 is 2.22 bits per heavy atom. The molecule has 1 aromatic carbocycles. The highest BCUT2D eigenvalue weighted by Gasteiger charge is 2.44. The van der Waals surface area contributed by atoms with Crippen molar-refractivity contribution in [3.8, 4) is 0 Å². The molecule has 2 N–H and O–H groups in total. The van der Waals surface area contributed by atoms with Crippen LogP contribution in [-0.2, 0) is 5.41 Å². The Labute approximate surface area is 103 Å². The van der Waals surface area contributed by atoms with Crippen LogP contribution < -0.4 is 5.73 Å². The summed E-state index contributed by atoms with van der Waals surface area (Å²) in [5.41, 5.74) is 4.90. The topological polar surface area (TPSA) is 26.0 Å². The molecule has 1 fully saturated rings. The van der Waals surface area contributed by atoms with E-state index in [1.54, 1.807) is 0 Å². The Morgan fingerprint density at radius 2 is 1.67 bits per heavy atom. The van der Waals surface area contributed by atoms with E-state index in [1.807, 2.05) is 0 Å². The van der Waals surface area contributed by atoms with E-state index in [2.05, 4.69) is 0 Å². The Kier molecular flexibility index (Phi) is 3.36. The quantitative estimate of drug-likeness (QED) is 0.811. The predicted octanol–water partition coefficient (Wildman–Crippen LogP) is 3.37. The van der Waals surface area contributed by atoms with Gasteiger partial charge in [0.25, 0.3) is 0 Å². The maximum absolute atomic E-state index is 13.8. The van der Waals surface area contributed by atoms with Crippen molar-refractivity contribution in [3.05, 3.63) is 35.4 Å². The lowest BCUT2D eigenvalue weighted by Gasteiger charge is -2.39. The molecule has 1 aliphatic rings. The minimum absolute atomic E-state index is 0.0451. The molecule has 1 nitrogen and oxygen atoms in total. The zero-order valence-corrected chi connectivity index (χ0v) is 9.86. The molecular formula is C13H15F4N. The van der Waals surface area contributed by atoms with Gasteiger partial charge in [-0.2, -0.15) is 0 Å². The van der Waals surface area contributed by atoms with Crippen molar-refractivity contribution in [2.24, 2.45) is 5.73 Å². The van der Waals surface area contributed by atoms with Gasteiger partial charge >= 0.3 is 0 Å². The van der Waals surface area contributed by atoms with E-state index >= 15 is 0 Å². The lowest BCUT2D eigenvalue weighted by atomic mass is 9.68. The van der Waals surface area contributed by atoms with Crippen molar-refractivity contribution >= 4 is 0 Å². The van der Waals surface area contributed by atoms with Crippen LogP contribution in [0.4, 0.5) is 17.6 Å². The molecule has 5 heteroatoms. The molecule has 1 aromatic rings. The first-order chi connectivity index (χ1) is 8.38. The Morgan fingerprint density at radius 1 is 1.06 bits per heavy atom. The van der Waals surface area contributed by atoms with Crippen LogP contribution in [0.3, 0.4) is 0 Å². The molecule has 0 aromatic heterocycles. The normalized spacial score (nSPS) is 21.8. The minimum atomic E-state index is -2.72. The number of alkyl halides is 2. The fraction of sp³-hybridized carbons (Fsp3) is 0.538. The van der Waals surface area contributed by atoms with Crippen LogP contribution in [0.15, 0.2) is 18.2 Å². The second-order valence-electron chi connectivity index (χ2n) is 4.96. The van der Waals surface area contributed by atoms with E-state index in [-0.39, 0.29) is 37.8 Å². The number of halogens is 4. The van der Waals surface area contributed by atoms with Gasteiger partial charge in [-0.05, 0) is 36.6 Å². The summed E-state index contributed by atoms with van der Waals surface area (Å²) in [7, 11) is 0. The highest BCUT2D eigenvalue weighted by Crippen LogP contribution is 2.45. The van der Waals surface area contributed by atoms with Gasteiger partial charge in [0.15, 0.2) is 0 Å². The monoisotopic (exact) mass is 261 g/mol. The van der Waals surface area contributed by atoms with Crippen LogP contribution in [0.25, 0.3) is 0 Å². The van der Waals surface area contributed by atoms with E-state index < -0.39 is 23.0 Å². The average Bonchev–Trinajstić information content (AvgIpc) is 2.33. The number of hydrogen-bond donors (Lipinski definition) is 1. The Balaban J connectivity index is 2.36. The summed E-state index contributed by atoms with van der Waals surface area (Å²) >= 11 is 0. The van der Waals surface area contributed by atoms with Gasteiger partial charge in [0, 0.05) is 24.8 Å². The summed E-state index contributed by atoms with van der Waals surface area (Å²) in [5, 5.41) is 0. The number of rotatable bonds is 2. The van der Waals surface area contributed by atoms with Crippen molar-refractivity contribution in [2.75, 3.05) is 6.54 Å². The summed E-state index contributed by atoms with van der Waals surface area (Å²) in [6.07, 6.45) is -0.506. The van der Waals surface area contributed by atoms with E-state index in [0.29, 0.717) is 0 Å². The molecule has 0 radical (unpaired) electrons. The van der Waals surface area contributed by atoms with Crippen LogP contribution in [0.1, 0.15) is 31.2 Å². The van der Waals surface area contributed by atoms with Crippen LogP contribution in [-0.4, -0.2) is 12.5 Å². The Hall–Kier alpha value is -1.10. The highest BCUT2D eigenvalue weighted by atomic mass is 19.3. The van der Waals surface area contributed by atoms with E-state index in [0.717, 1.165) is 18.2 Å². The van der Waals surface area contributed by atoms with E-state index in [4.69, 9.17) is 5.73 Å². The molecule has 0 saturated heterocycles. The maximum Gasteiger partial charge on any atom is 0.248 e. The summed E-state index contributed by atoms with van der Waals surface area (Å²) in [4.78, 5) is 0. The fourth-order valence-electron chi connectivity index (χ4n) is 2.58. The lowest BCUT2D eigenvalue weighted by molar-refractivity contribution is -0.0513. The van der Waals surface area contributed by atoms with Crippen LogP contribution >= 0.6 is 0 Å². The van der Waals surface area contributed by atoms with Gasteiger partial charge in [0.05, 0.1) is 0 Å². The molecular weight excluding hydrogens is 246 g/mol. The van der Waals surface area contributed by atoms with Gasteiger partial charge in [-0.15, -0.1) is 0 Å². The first-order valence-electron chi connectivity index (χ1n) is 5.92. The molecule has 2 rings (SSSR count). The standard InChI is InChI=1S/C13H15F4N/c14-9-1-2-11(15)10(7-9)12(8-18)3-5-13(16,17)6-4-12/h1-2,7H,3-6,8,18H2. The summed E-state index contributed by atoms with van der Waals surface area (Å²) in [5.74, 6) is -3.87. The molecule has 0 atom stereocenters. The maximum atomic E-state index is 13.8. The third-order valence-electron chi connectivity index (χ3n) is 3.83. The van der Waals surface area contributed by atoms with E-state index in [1.165, 1.54) is 0 Å². The largest absolute Gasteiger partial charge is 0.330 e. The summed E-state index contributed by atoms with van der Waals surface area (Å²) in [6, 6.07) is 3.11. The number of benzene rings is 1. The fourth-order valence-corrected chi connectivity index (χ4v) is 2.58. The van der Waals surface area contributed by atoms with Crippen molar-refractivity contribution in [2.45, 2.75) is 37.0 Å². The number of hydrogen-bond acceptors (Lipinski definition) is 1. The number of nitrogens with two attached hydrogens (primary N) is 1. The smallest absolute Gasteiger partial charge is 0.248 e. The molecule has 0 amide bonds. The van der Waals surface area contributed by atoms with Gasteiger partial charge in [-0.3, -0.25) is 0 Å². The summed E-state index contributed by atoms with van der Waals surface area (Å²) < 4.78 is 53.3. The predicted molar refractivity (Wildman–Crippen MR) is 60.5 cm³/mol. The first kappa shape index (κ1) is 13.3. The Bertz CT molecular complexity index is 435. The molecule has 0 bridgehead atoms. The third kappa shape index (κ3) is 2.36. The second kappa shape index (κ2) is 4.53. The molecule has 100 valence electrons. The first-order valence-corrected chi connectivity index (χ1v) is 5.92. The molecule has 1 saturated carbocycles. The zero-order valence-electron chi connectivity index (χ0n) is 9.86. The minimum Gasteiger partial charge on any atom is -0.330 e. The van der Waals surface area contributed by atoms with Crippen molar-refractivity contribution in [1.29, 1.82) is 0 Å². The SMILES string of the molecule is NCC1(c2cc(F)ccc2F)CCC(F)(F)CC1. The molecule has 0 heterocycles. The average molecular weight is 261 g/mol. The van der Waals surface area contributed by atoms with Crippen LogP contribution in [0, 0.1) is 11.6 Å². The van der Waals surface area contributed by atoms with Gasteiger partial charge in [0.1, 0.15) is 11.6 Å². The van der Waals surface area contributed by atoms with Crippen LogP contribution in [0.5, 0.6) is 0 Å². The van der Waals surface area contributed by atoms with Gasteiger partial charge in [0.2, 0.25) is 5.92 Å². The molecule has 1 aliphatic carbocycles. The van der Waals surface area contributed by atoms with Gasteiger partial charge in [-0.1, -0.05) is 0 Å². The molecule has 0 aliphatic heterocycles. The molecule has 18 heavy (non-hydrogen) atoms. The van der Waals surface area contributed by atoms with E-state index in [9.17, 15) is 17.6 Å². The zero-order chi connectivity index (χ0) is 13.4. The van der Waals surface area contributed by atoms with Crippen molar-refractivity contribution in [3.63, 3.8) is 0 Å². The van der Waals surface area contributed by atoms with Crippen LogP contribution in [0.2, 0.25) is 0 Å². The highest BCUT2D eigenvalue weighted by molar-refractivity contribution is 5.29. The molecule has 0 spiro atoms. The second-order valence-corrected chi connectivity index (χ2v) is 4.96. The lowest BCUT2D eigenvalue weighted by Crippen LogP contribution is -2.42. The van der Waals surface area contributed by atoms with Gasteiger partial charge in [-0.25, -0.2) is 17.6 Å². The van der Waals surface area contributed by atoms with Gasteiger partial charge < -0.3 is 5.73 Å². The molecule has 0 unspecified atom stereocenters. The van der Waals surface area contributed by atoms with Crippen molar-refractivity contribution < 1.29 is 17.6 Å².